The summed E-state index contributed by atoms with van der Waals surface area (Å²) in [6.45, 7) is 4.16. The molecule has 2 aromatic rings. The number of hydrogen-bond acceptors (Lipinski definition) is 2. The molecule has 0 bridgehead atoms. The second-order valence-corrected chi connectivity index (χ2v) is 6.89. The molecular formula is C21H27N3O. The molecule has 0 saturated heterocycles. The van der Waals surface area contributed by atoms with Gasteiger partial charge in [-0.3, -0.25) is 4.79 Å². The van der Waals surface area contributed by atoms with Crippen LogP contribution in [0, 0.1) is 13.8 Å². The SMILES string of the molecule is Cc1ccc(C)n1-c1ccc(C(=O)NN=C2CCCCCCC2)cc1. The first-order valence-corrected chi connectivity index (χ1v) is 9.26. The van der Waals surface area contributed by atoms with Gasteiger partial charge in [-0.05, 0) is 75.9 Å². The molecule has 1 aromatic carbocycles. The van der Waals surface area contributed by atoms with Crippen molar-refractivity contribution in [1.82, 2.24) is 9.99 Å². The van der Waals surface area contributed by atoms with Crippen molar-refractivity contribution in [3.05, 3.63) is 53.3 Å². The summed E-state index contributed by atoms with van der Waals surface area (Å²) in [7, 11) is 0. The summed E-state index contributed by atoms with van der Waals surface area (Å²) in [5, 5.41) is 4.37. The van der Waals surface area contributed by atoms with E-state index >= 15 is 0 Å². The van der Waals surface area contributed by atoms with Gasteiger partial charge in [0.05, 0.1) is 0 Å². The Kier molecular flexibility index (Phi) is 5.69. The van der Waals surface area contributed by atoms with Crippen LogP contribution in [0.25, 0.3) is 5.69 Å². The summed E-state index contributed by atoms with van der Waals surface area (Å²) < 4.78 is 2.18. The van der Waals surface area contributed by atoms with Gasteiger partial charge in [-0.15, -0.1) is 0 Å². The van der Waals surface area contributed by atoms with Gasteiger partial charge in [0, 0.05) is 28.4 Å². The normalized spacial score (nSPS) is 15.4. The molecule has 25 heavy (non-hydrogen) atoms. The maximum Gasteiger partial charge on any atom is 0.271 e. The Bertz CT molecular complexity index is 726. The number of aryl methyl sites for hydroxylation is 2. The summed E-state index contributed by atoms with van der Waals surface area (Å²) in [5.41, 5.74) is 7.95. The van der Waals surface area contributed by atoms with E-state index < -0.39 is 0 Å². The molecule has 0 atom stereocenters. The maximum absolute atomic E-state index is 12.3. The van der Waals surface area contributed by atoms with E-state index in [4.69, 9.17) is 0 Å². The number of aromatic nitrogens is 1. The van der Waals surface area contributed by atoms with E-state index in [1.165, 1.54) is 43.5 Å². The predicted molar refractivity (Wildman–Crippen MR) is 102 cm³/mol. The first-order chi connectivity index (χ1) is 12.1. The van der Waals surface area contributed by atoms with Crippen molar-refractivity contribution >= 4 is 11.6 Å². The third-order valence-corrected chi connectivity index (χ3v) is 4.91. The van der Waals surface area contributed by atoms with Crippen molar-refractivity contribution in [2.24, 2.45) is 5.10 Å². The van der Waals surface area contributed by atoms with Crippen LogP contribution >= 0.6 is 0 Å². The van der Waals surface area contributed by atoms with Gasteiger partial charge in [-0.2, -0.15) is 5.10 Å². The zero-order valence-electron chi connectivity index (χ0n) is 15.2. The zero-order valence-corrected chi connectivity index (χ0v) is 15.2. The lowest BCUT2D eigenvalue weighted by molar-refractivity contribution is 0.0954. The molecule has 3 rings (SSSR count). The molecule has 1 aliphatic carbocycles. The average molecular weight is 337 g/mol. The van der Waals surface area contributed by atoms with Crippen LogP contribution in [0.4, 0.5) is 0 Å². The van der Waals surface area contributed by atoms with Gasteiger partial charge in [0.1, 0.15) is 0 Å². The molecule has 4 heteroatoms. The molecule has 1 heterocycles. The van der Waals surface area contributed by atoms with Crippen molar-refractivity contribution in [1.29, 1.82) is 0 Å². The predicted octanol–water partition coefficient (Wildman–Crippen LogP) is 4.92. The second-order valence-electron chi connectivity index (χ2n) is 6.89. The minimum atomic E-state index is -0.137. The molecule has 1 amide bonds. The number of carbonyl (C=O) groups excluding carboxylic acids is 1. The van der Waals surface area contributed by atoms with Gasteiger partial charge in [-0.25, -0.2) is 5.43 Å². The zero-order chi connectivity index (χ0) is 17.6. The van der Waals surface area contributed by atoms with Crippen LogP contribution in [0.1, 0.15) is 66.7 Å². The Morgan fingerprint density at radius 2 is 1.44 bits per heavy atom. The lowest BCUT2D eigenvalue weighted by Crippen LogP contribution is -2.20. The molecule has 1 saturated carbocycles. The highest BCUT2D eigenvalue weighted by Crippen LogP contribution is 2.17. The van der Waals surface area contributed by atoms with E-state index in [1.54, 1.807) is 0 Å². The van der Waals surface area contributed by atoms with Crippen LogP contribution in [-0.4, -0.2) is 16.2 Å². The summed E-state index contributed by atoms with van der Waals surface area (Å²) in [6, 6.07) is 11.9. The van der Waals surface area contributed by atoms with Crippen molar-refractivity contribution < 1.29 is 4.79 Å². The Morgan fingerprint density at radius 1 is 0.880 bits per heavy atom. The first kappa shape index (κ1) is 17.5. The number of rotatable bonds is 3. The molecule has 0 aliphatic heterocycles. The molecule has 0 unspecified atom stereocenters. The Balaban J connectivity index is 1.66. The number of hydrogen-bond donors (Lipinski definition) is 1. The van der Waals surface area contributed by atoms with E-state index in [-0.39, 0.29) is 5.91 Å². The van der Waals surface area contributed by atoms with Gasteiger partial charge >= 0.3 is 0 Å². The minimum absolute atomic E-state index is 0.137. The number of carbonyl (C=O) groups is 1. The fraction of sp³-hybridized carbons (Fsp3) is 0.429. The molecule has 0 spiro atoms. The molecule has 1 aliphatic rings. The van der Waals surface area contributed by atoms with Crippen LogP contribution in [-0.2, 0) is 0 Å². The van der Waals surface area contributed by atoms with Crippen molar-refractivity contribution in [3.8, 4) is 5.69 Å². The standard InChI is InChI=1S/C21H27N3O/c1-16-10-11-17(2)24(16)20-14-12-18(13-15-20)21(25)23-22-19-8-6-4-3-5-7-9-19/h10-15H,3-9H2,1-2H3,(H,23,25). The van der Waals surface area contributed by atoms with Crippen molar-refractivity contribution in [2.45, 2.75) is 58.8 Å². The fourth-order valence-corrected chi connectivity index (χ4v) is 3.46. The van der Waals surface area contributed by atoms with E-state index in [9.17, 15) is 4.79 Å². The van der Waals surface area contributed by atoms with Crippen LogP contribution in [0.3, 0.4) is 0 Å². The van der Waals surface area contributed by atoms with Crippen LogP contribution in [0.15, 0.2) is 41.5 Å². The highest BCUT2D eigenvalue weighted by molar-refractivity contribution is 5.95. The highest BCUT2D eigenvalue weighted by atomic mass is 16.2. The minimum Gasteiger partial charge on any atom is -0.319 e. The third kappa shape index (κ3) is 4.38. The van der Waals surface area contributed by atoms with E-state index in [0.717, 1.165) is 24.2 Å². The molecule has 0 radical (unpaired) electrons. The smallest absolute Gasteiger partial charge is 0.271 e. The van der Waals surface area contributed by atoms with E-state index in [1.807, 2.05) is 24.3 Å². The van der Waals surface area contributed by atoms with E-state index in [2.05, 4.69) is 41.1 Å². The van der Waals surface area contributed by atoms with Gasteiger partial charge in [0.2, 0.25) is 0 Å². The monoisotopic (exact) mass is 337 g/mol. The van der Waals surface area contributed by atoms with E-state index in [0.29, 0.717) is 5.56 Å². The molecule has 132 valence electrons. The molecule has 4 nitrogen and oxygen atoms in total. The van der Waals surface area contributed by atoms with Crippen molar-refractivity contribution in [3.63, 3.8) is 0 Å². The maximum atomic E-state index is 12.3. The lowest BCUT2D eigenvalue weighted by Gasteiger charge is -2.11. The van der Waals surface area contributed by atoms with Crippen LogP contribution in [0.2, 0.25) is 0 Å². The summed E-state index contributed by atoms with van der Waals surface area (Å²) >= 11 is 0. The van der Waals surface area contributed by atoms with Crippen molar-refractivity contribution in [2.75, 3.05) is 0 Å². The largest absolute Gasteiger partial charge is 0.319 e. The van der Waals surface area contributed by atoms with Gasteiger partial charge in [-0.1, -0.05) is 19.3 Å². The topological polar surface area (TPSA) is 46.4 Å². The fourth-order valence-electron chi connectivity index (χ4n) is 3.46. The number of nitrogens with one attached hydrogen (secondary N) is 1. The molecular weight excluding hydrogens is 310 g/mol. The molecule has 1 fully saturated rings. The average Bonchev–Trinajstić information content (AvgIpc) is 2.92. The highest BCUT2D eigenvalue weighted by Gasteiger charge is 2.09. The molecule has 1 N–H and O–H groups in total. The lowest BCUT2D eigenvalue weighted by atomic mass is 9.99. The number of nitrogens with zero attached hydrogens (tertiary/aromatic N) is 2. The van der Waals surface area contributed by atoms with Crippen LogP contribution in [0.5, 0.6) is 0 Å². The van der Waals surface area contributed by atoms with Gasteiger partial charge in [0.25, 0.3) is 5.91 Å². The third-order valence-electron chi connectivity index (χ3n) is 4.91. The Morgan fingerprint density at radius 3 is 2.04 bits per heavy atom. The van der Waals surface area contributed by atoms with Gasteiger partial charge in [0.15, 0.2) is 0 Å². The van der Waals surface area contributed by atoms with Crippen LogP contribution < -0.4 is 5.43 Å². The summed E-state index contributed by atoms with van der Waals surface area (Å²) in [4.78, 5) is 12.3. The number of benzene rings is 1. The Labute approximate surface area is 149 Å². The second kappa shape index (κ2) is 8.15. The summed E-state index contributed by atoms with van der Waals surface area (Å²) in [6.07, 6.45) is 8.24. The Hall–Kier alpha value is -2.36. The number of amides is 1. The molecule has 1 aromatic heterocycles. The first-order valence-electron chi connectivity index (χ1n) is 9.26. The number of hydrazone groups is 1. The quantitative estimate of drug-likeness (QED) is 0.794. The summed E-state index contributed by atoms with van der Waals surface area (Å²) in [5.74, 6) is -0.137. The van der Waals surface area contributed by atoms with Gasteiger partial charge < -0.3 is 4.57 Å².